The molecule has 4 rings (SSSR count). The maximum Gasteiger partial charge on any atom is 0.416 e. The van der Waals surface area contributed by atoms with Crippen molar-refractivity contribution in [2.24, 2.45) is 11.3 Å². The number of thiophene rings is 1. The number of alkyl halides is 3. The smallest absolute Gasteiger partial charge is 0.416 e. The molecule has 2 aliphatic rings. The van der Waals surface area contributed by atoms with Crippen LogP contribution in [-0.2, 0) is 23.9 Å². The Morgan fingerprint density at radius 3 is 2.65 bits per heavy atom. The van der Waals surface area contributed by atoms with Crippen molar-refractivity contribution in [2.45, 2.75) is 70.6 Å². The number of carbonyl (C=O) groups is 1. The summed E-state index contributed by atoms with van der Waals surface area (Å²) < 4.78 is 40.6. The number of nitrogens with two attached hydrogens (primary N) is 1. The van der Waals surface area contributed by atoms with Crippen molar-refractivity contribution < 1.29 is 27.9 Å². The van der Waals surface area contributed by atoms with E-state index in [9.17, 15) is 23.1 Å². The van der Waals surface area contributed by atoms with Crippen molar-refractivity contribution in [3.63, 3.8) is 0 Å². The molecule has 31 heavy (non-hydrogen) atoms. The molecule has 0 aliphatic heterocycles. The summed E-state index contributed by atoms with van der Waals surface area (Å²) in [6, 6.07) is 3.73. The van der Waals surface area contributed by atoms with E-state index in [0.29, 0.717) is 23.3 Å². The van der Waals surface area contributed by atoms with E-state index in [0.717, 1.165) is 53.8 Å². The lowest BCUT2D eigenvalue weighted by Gasteiger charge is -2.29. The highest BCUT2D eigenvalue weighted by Crippen LogP contribution is 2.49. The molecular formula is C23H26F3NO3S. The van der Waals surface area contributed by atoms with Gasteiger partial charge in [0.15, 0.2) is 0 Å². The Balaban J connectivity index is 1.90. The summed E-state index contributed by atoms with van der Waals surface area (Å²) in [4.78, 5) is 18.7. The van der Waals surface area contributed by atoms with E-state index in [-0.39, 0.29) is 23.0 Å². The molecule has 0 radical (unpaired) electrons. The van der Waals surface area contributed by atoms with Gasteiger partial charge in [0.1, 0.15) is 0 Å². The van der Waals surface area contributed by atoms with Crippen LogP contribution in [0.15, 0.2) is 18.2 Å². The molecule has 4 nitrogen and oxygen atoms in total. The maximum absolute atomic E-state index is 13.5. The molecule has 1 fully saturated rings. The van der Waals surface area contributed by atoms with Crippen LogP contribution in [0, 0.1) is 5.41 Å². The van der Waals surface area contributed by atoms with Crippen molar-refractivity contribution in [1.82, 2.24) is 0 Å². The van der Waals surface area contributed by atoms with Crippen LogP contribution in [0.1, 0.15) is 77.4 Å². The molecule has 1 unspecified atom stereocenters. The number of carboxylic acid groups (broad SMARTS) is 1. The van der Waals surface area contributed by atoms with Gasteiger partial charge in [-0.1, -0.05) is 19.9 Å². The zero-order valence-corrected chi connectivity index (χ0v) is 18.3. The van der Waals surface area contributed by atoms with Gasteiger partial charge in [-0.2, -0.15) is 13.2 Å². The fraction of sp³-hybridized carbons (Fsp3) is 0.522. The minimum atomic E-state index is -4.51. The second-order valence-corrected chi connectivity index (χ2v) is 10.5. The van der Waals surface area contributed by atoms with Crippen molar-refractivity contribution in [3.05, 3.63) is 45.3 Å². The Hall–Kier alpha value is -1.90. The quantitative estimate of drug-likeness (QED) is 0.543. The summed E-state index contributed by atoms with van der Waals surface area (Å²) in [7, 11) is 0. The van der Waals surface area contributed by atoms with Gasteiger partial charge in [-0.05, 0) is 78.7 Å². The van der Waals surface area contributed by atoms with Gasteiger partial charge >= 0.3 is 12.1 Å². The average molecular weight is 454 g/mol. The van der Waals surface area contributed by atoms with Crippen molar-refractivity contribution in [2.75, 3.05) is 0 Å². The highest BCUT2D eigenvalue weighted by molar-refractivity contribution is 7.16. The van der Waals surface area contributed by atoms with E-state index in [2.05, 4.69) is 13.8 Å². The monoisotopic (exact) mass is 453 g/mol. The average Bonchev–Trinajstić information content (AvgIpc) is 3.30. The van der Waals surface area contributed by atoms with E-state index >= 15 is 0 Å². The number of rotatable bonds is 4. The molecule has 1 heterocycles. The molecule has 2 aromatic rings. The van der Waals surface area contributed by atoms with Crippen LogP contribution < -0.4 is 5.90 Å². The van der Waals surface area contributed by atoms with Crippen molar-refractivity contribution in [3.8, 4) is 10.4 Å². The first-order valence-electron chi connectivity index (χ1n) is 10.4. The number of aromatic carboxylic acids is 1. The third-order valence-corrected chi connectivity index (χ3v) is 7.96. The summed E-state index contributed by atoms with van der Waals surface area (Å²) >= 11 is 1.34. The van der Waals surface area contributed by atoms with Gasteiger partial charge in [0.25, 0.3) is 0 Å². The van der Waals surface area contributed by atoms with Crippen LogP contribution in [0.2, 0.25) is 0 Å². The van der Waals surface area contributed by atoms with Gasteiger partial charge in [0.05, 0.1) is 17.2 Å². The van der Waals surface area contributed by atoms with Crippen molar-refractivity contribution >= 4 is 17.3 Å². The van der Waals surface area contributed by atoms with Gasteiger partial charge in [-0.15, -0.1) is 11.3 Å². The fourth-order valence-corrected chi connectivity index (χ4v) is 6.31. The lowest BCUT2D eigenvalue weighted by molar-refractivity contribution is -0.137. The molecule has 8 heteroatoms. The summed E-state index contributed by atoms with van der Waals surface area (Å²) in [5.74, 6) is 4.23. The van der Waals surface area contributed by atoms with Gasteiger partial charge in [-0.3, -0.25) is 0 Å². The predicted molar refractivity (Wildman–Crippen MR) is 113 cm³/mol. The lowest BCUT2D eigenvalue weighted by Crippen LogP contribution is -2.22. The second-order valence-electron chi connectivity index (χ2n) is 9.42. The number of hydrogen-bond donors (Lipinski definition) is 2. The number of fused-ring (bicyclic) bond motifs is 1. The Kier molecular flexibility index (Phi) is 5.69. The molecule has 0 bridgehead atoms. The molecule has 168 valence electrons. The van der Waals surface area contributed by atoms with Crippen LogP contribution >= 0.6 is 11.3 Å². The van der Waals surface area contributed by atoms with Gasteiger partial charge in [0, 0.05) is 9.75 Å². The van der Waals surface area contributed by atoms with Crippen molar-refractivity contribution in [1.29, 1.82) is 0 Å². The fourth-order valence-electron chi connectivity index (χ4n) is 4.97. The van der Waals surface area contributed by atoms with Gasteiger partial charge in [-0.25, -0.2) is 10.7 Å². The number of hydrogen-bond acceptors (Lipinski definition) is 4. The summed E-state index contributed by atoms with van der Waals surface area (Å²) in [6.45, 7) is 4.19. The normalized spacial score (nSPS) is 23.0. The zero-order valence-electron chi connectivity index (χ0n) is 17.5. The van der Waals surface area contributed by atoms with E-state index < -0.39 is 17.7 Å². The first kappa shape index (κ1) is 22.3. The zero-order chi connectivity index (χ0) is 22.6. The Morgan fingerprint density at radius 1 is 1.29 bits per heavy atom. The number of halogens is 3. The summed E-state index contributed by atoms with van der Waals surface area (Å²) in [5, 5.41) is 10.1. The van der Waals surface area contributed by atoms with Crippen LogP contribution in [-0.4, -0.2) is 17.2 Å². The lowest BCUT2D eigenvalue weighted by atomic mass is 9.75. The molecule has 1 saturated carbocycles. The highest BCUT2D eigenvalue weighted by Gasteiger charge is 2.37. The largest absolute Gasteiger partial charge is 0.478 e. The molecule has 0 spiro atoms. The highest BCUT2D eigenvalue weighted by atomic mass is 32.1. The van der Waals surface area contributed by atoms with Gasteiger partial charge in [0.2, 0.25) is 0 Å². The molecular weight excluding hydrogens is 427 g/mol. The molecule has 3 N–H and O–H groups in total. The van der Waals surface area contributed by atoms with Crippen LogP contribution in [0.4, 0.5) is 13.2 Å². The second kappa shape index (κ2) is 7.90. The molecule has 0 amide bonds. The van der Waals surface area contributed by atoms with E-state index in [1.54, 1.807) is 0 Å². The van der Waals surface area contributed by atoms with Crippen LogP contribution in [0.3, 0.4) is 0 Å². The van der Waals surface area contributed by atoms with Crippen LogP contribution in [0.5, 0.6) is 0 Å². The first-order valence-corrected chi connectivity index (χ1v) is 11.3. The summed E-state index contributed by atoms with van der Waals surface area (Å²) in [6.07, 6.45) is -0.300. The Bertz CT molecular complexity index is 1010. The Labute approximate surface area is 183 Å². The SMILES string of the molecule is CC1(C)CCc2sc(-c3cc(C(F)(F)F)ccc3C3CC[C@@H](ON)C3)c(C(=O)O)c2C1. The third-order valence-electron chi connectivity index (χ3n) is 6.63. The minimum absolute atomic E-state index is 0.0250. The Morgan fingerprint density at radius 2 is 2.03 bits per heavy atom. The molecule has 2 atom stereocenters. The van der Waals surface area contributed by atoms with Crippen LogP contribution in [0.25, 0.3) is 10.4 Å². The summed E-state index contributed by atoms with van der Waals surface area (Å²) in [5.41, 5.74) is 1.27. The topological polar surface area (TPSA) is 72.5 Å². The predicted octanol–water partition coefficient (Wildman–Crippen LogP) is 6.17. The minimum Gasteiger partial charge on any atom is -0.478 e. The third kappa shape index (κ3) is 4.25. The van der Waals surface area contributed by atoms with E-state index in [1.807, 2.05) is 0 Å². The maximum atomic E-state index is 13.5. The first-order chi connectivity index (χ1) is 14.5. The van der Waals surface area contributed by atoms with E-state index in [1.165, 1.54) is 17.4 Å². The van der Waals surface area contributed by atoms with Gasteiger partial charge < -0.3 is 9.94 Å². The molecule has 1 aromatic carbocycles. The number of aryl methyl sites for hydroxylation is 1. The molecule has 2 aliphatic carbocycles. The standard InChI is InChI=1S/C23H26F3NO3S/c1-22(2)8-7-18-17(11-22)19(21(28)29)20(31-18)16-10-13(23(24,25)26)4-6-15(16)12-3-5-14(9-12)30-27/h4,6,10,12,14H,3,5,7-9,11,27H2,1-2H3,(H,28,29)/t12?,14-/m1/s1. The molecule has 0 saturated heterocycles. The van der Waals surface area contributed by atoms with E-state index in [4.69, 9.17) is 10.7 Å². The number of carboxylic acids is 1. The number of benzene rings is 1. The molecule has 1 aromatic heterocycles.